The maximum Gasteiger partial charge on any atom is 0.338 e. The molecule has 0 amide bonds. The predicted molar refractivity (Wildman–Crippen MR) is 103 cm³/mol. The Bertz CT molecular complexity index is 886. The van der Waals surface area contributed by atoms with Crippen molar-refractivity contribution >= 4 is 39.4 Å². The van der Waals surface area contributed by atoms with Gasteiger partial charge in [-0.25, -0.2) is 9.59 Å². The number of carbonyl (C=O) groups excluding carboxylic acids is 3. The first-order valence-corrected chi connectivity index (χ1v) is 8.58. The Balaban J connectivity index is 2.16. The summed E-state index contributed by atoms with van der Waals surface area (Å²) in [5.74, 6) is -1.44. The number of methoxy groups -OCH3 is 2. The Hall–Kier alpha value is -2.93. The number of halogens is 1. The van der Waals surface area contributed by atoms with Crippen molar-refractivity contribution in [2.75, 3.05) is 20.8 Å². The molecular formula is C20H17BrO6. The van der Waals surface area contributed by atoms with Gasteiger partial charge in [-0.1, -0.05) is 34.6 Å². The van der Waals surface area contributed by atoms with E-state index in [9.17, 15) is 14.4 Å². The van der Waals surface area contributed by atoms with Crippen LogP contribution in [0.4, 0.5) is 0 Å². The largest absolute Gasteiger partial charge is 0.497 e. The number of hydrogen-bond donors (Lipinski definition) is 0. The molecule has 0 aliphatic carbocycles. The fourth-order valence-corrected chi connectivity index (χ4v) is 2.50. The monoisotopic (exact) mass is 432 g/mol. The van der Waals surface area contributed by atoms with Crippen molar-refractivity contribution in [1.82, 2.24) is 0 Å². The first-order valence-electron chi connectivity index (χ1n) is 7.79. The van der Waals surface area contributed by atoms with Gasteiger partial charge in [0.2, 0.25) is 0 Å². The average Bonchev–Trinajstić information content (AvgIpc) is 2.70. The van der Waals surface area contributed by atoms with Crippen LogP contribution in [0.1, 0.15) is 36.6 Å². The molecule has 0 aliphatic rings. The van der Waals surface area contributed by atoms with Gasteiger partial charge in [0.05, 0.1) is 25.3 Å². The van der Waals surface area contributed by atoms with Crippen LogP contribution in [0.25, 0.3) is 5.76 Å². The molecule has 0 spiro atoms. The van der Waals surface area contributed by atoms with Crippen molar-refractivity contribution in [2.24, 2.45) is 0 Å². The summed E-state index contributed by atoms with van der Waals surface area (Å²) in [6.07, 6.45) is 0. The molecule has 6 nitrogen and oxygen atoms in total. The number of ketones is 1. The van der Waals surface area contributed by atoms with Gasteiger partial charge in [-0.15, -0.1) is 0 Å². The quantitative estimate of drug-likeness (QED) is 0.375. The molecule has 0 aromatic heterocycles. The Morgan fingerprint density at radius 3 is 2.11 bits per heavy atom. The summed E-state index contributed by atoms with van der Waals surface area (Å²) in [7, 11) is 2.64. The standard InChI is InChI=1S/C20H17BrO6/c1-12(25-2)17-10-14(6-9-16(17)20(24)26-3)19(23)27-11-18(22)13-4-7-15(21)8-5-13/h4-10H,1,11H2,2-3H3. The topological polar surface area (TPSA) is 78.9 Å². The number of Topliss-reactive ketones (excluding diaryl/α,β-unsaturated/α-hetero) is 1. The Morgan fingerprint density at radius 2 is 1.52 bits per heavy atom. The molecule has 0 unspecified atom stereocenters. The lowest BCUT2D eigenvalue weighted by Gasteiger charge is -2.11. The van der Waals surface area contributed by atoms with E-state index in [1.165, 1.54) is 32.4 Å². The summed E-state index contributed by atoms with van der Waals surface area (Å²) in [4.78, 5) is 36.2. The fourth-order valence-electron chi connectivity index (χ4n) is 2.23. The van der Waals surface area contributed by atoms with Gasteiger partial charge in [0.15, 0.2) is 12.4 Å². The van der Waals surface area contributed by atoms with Gasteiger partial charge in [-0.3, -0.25) is 4.79 Å². The molecule has 140 valence electrons. The molecule has 0 aliphatic heterocycles. The second-order valence-electron chi connectivity index (χ2n) is 5.39. The maximum atomic E-state index is 12.3. The molecule has 0 radical (unpaired) electrons. The third kappa shape index (κ3) is 5.04. The van der Waals surface area contributed by atoms with Crippen molar-refractivity contribution in [3.8, 4) is 0 Å². The summed E-state index contributed by atoms with van der Waals surface area (Å²) in [5, 5.41) is 0. The fraction of sp³-hybridized carbons (Fsp3) is 0.150. The molecule has 0 fully saturated rings. The lowest BCUT2D eigenvalue weighted by Crippen LogP contribution is -2.15. The van der Waals surface area contributed by atoms with Crippen LogP contribution in [0.2, 0.25) is 0 Å². The molecule has 7 heteroatoms. The number of benzene rings is 2. The molecule has 0 heterocycles. The summed E-state index contributed by atoms with van der Waals surface area (Å²) in [6.45, 7) is 3.30. The number of ether oxygens (including phenoxy) is 3. The van der Waals surface area contributed by atoms with Crippen LogP contribution in [0.15, 0.2) is 53.5 Å². The zero-order valence-electron chi connectivity index (χ0n) is 14.8. The van der Waals surface area contributed by atoms with Crippen molar-refractivity contribution in [1.29, 1.82) is 0 Å². The van der Waals surface area contributed by atoms with Crippen molar-refractivity contribution in [2.45, 2.75) is 0 Å². The molecular weight excluding hydrogens is 416 g/mol. The number of rotatable bonds is 7. The lowest BCUT2D eigenvalue weighted by molar-refractivity contribution is 0.0474. The van der Waals surface area contributed by atoms with Crippen LogP contribution < -0.4 is 0 Å². The zero-order chi connectivity index (χ0) is 20.0. The normalized spacial score (nSPS) is 10.0. The number of carbonyl (C=O) groups is 3. The highest BCUT2D eigenvalue weighted by atomic mass is 79.9. The van der Waals surface area contributed by atoms with Crippen molar-refractivity contribution in [3.05, 3.63) is 75.8 Å². The van der Waals surface area contributed by atoms with E-state index in [2.05, 4.69) is 22.5 Å². The minimum Gasteiger partial charge on any atom is -0.497 e. The van der Waals surface area contributed by atoms with Gasteiger partial charge in [0, 0.05) is 15.6 Å². The molecule has 0 saturated heterocycles. The first-order chi connectivity index (χ1) is 12.9. The van der Waals surface area contributed by atoms with E-state index >= 15 is 0 Å². The number of hydrogen-bond acceptors (Lipinski definition) is 6. The van der Waals surface area contributed by atoms with E-state index < -0.39 is 18.5 Å². The van der Waals surface area contributed by atoms with E-state index in [-0.39, 0.29) is 22.7 Å². The van der Waals surface area contributed by atoms with Gasteiger partial charge in [-0.05, 0) is 30.3 Å². The Morgan fingerprint density at radius 1 is 0.889 bits per heavy atom. The molecule has 2 aromatic rings. The summed E-state index contributed by atoms with van der Waals surface area (Å²) >= 11 is 3.29. The molecule has 0 bridgehead atoms. The SMILES string of the molecule is C=C(OC)c1cc(C(=O)OCC(=O)c2ccc(Br)cc2)ccc1C(=O)OC. The molecule has 0 N–H and O–H groups in total. The van der Waals surface area contributed by atoms with Crippen LogP contribution >= 0.6 is 15.9 Å². The third-order valence-electron chi connectivity index (χ3n) is 3.71. The van der Waals surface area contributed by atoms with Crippen LogP contribution in [-0.4, -0.2) is 38.5 Å². The zero-order valence-corrected chi connectivity index (χ0v) is 16.4. The second-order valence-corrected chi connectivity index (χ2v) is 6.30. The molecule has 2 rings (SSSR count). The second kappa shape index (κ2) is 9.14. The Labute approximate surface area is 164 Å². The van der Waals surface area contributed by atoms with Crippen LogP contribution in [0.5, 0.6) is 0 Å². The van der Waals surface area contributed by atoms with Crippen LogP contribution in [-0.2, 0) is 14.2 Å². The third-order valence-corrected chi connectivity index (χ3v) is 4.24. The molecule has 27 heavy (non-hydrogen) atoms. The van der Waals surface area contributed by atoms with E-state index in [1.807, 2.05) is 0 Å². The highest BCUT2D eigenvalue weighted by Crippen LogP contribution is 2.22. The van der Waals surface area contributed by atoms with E-state index in [0.29, 0.717) is 11.1 Å². The van der Waals surface area contributed by atoms with Gasteiger partial charge in [-0.2, -0.15) is 0 Å². The summed E-state index contributed by atoms with van der Waals surface area (Å²) in [6, 6.07) is 10.9. The van der Waals surface area contributed by atoms with Gasteiger partial charge >= 0.3 is 11.9 Å². The summed E-state index contributed by atoms with van der Waals surface area (Å²) < 4.78 is 15.7. The van der Waals surface area contributed by atoms with Gasteiger partial charge in [0.25, 0.3) is 0 Å². The van der Waals surface area contributed by atoms with E-state index in [4.69, 9.17) is 14.2 Å². The van der Waals surface area contributed by atoms with E-state index in [1.54, 1.807) is 24.3 Å². The van der Waals surface area contributed by atoms with E-state index in [0.717, 1.165) is 4.47 Å². The van der Waals surface area contributed by atoms with Crippen LogP contribution in [0, 0.1) is 0 Å². The Kier molecular flexibility index (Phi) is 6.90. The maximum absolute atomic E-state index is 12.3. The minimum absolute atomic E-state index is 0.152. The van der Waals surface area contributed by atoms with Crippen LogP contribution in [0.3, 0.4) is 0 Å². The van der Waals surface area contributed by atoms with Crippen molar-refractivity contribution < 1.29 is 28.6 Å². The average molecular weight is 433 g/mol. The number of esters is 2. The molecule has 0 atom stereocenters. The summed E-state index contributed by atoms with van der Waals surface area (Å²) in [5.41, 5.74) is 1.09. The highest BCUT2D eigenvalue weighted by molar-refractivity contribution is 9.10. The highest BCUT2D eigenvalue weighted by Gasteiger charge is 2.19. The smallest absolute Gasteiger partial charge is 0.338 e. The molecule has 2 aromatic carbocycles. The minimum atomic E-state index is -0.706. The molecule has 0 saturated carbocycles. The first kappa shape index (κ1) is 20.4. The van der Waals surface area contributed by atoms with Gasteiger partial charge < -0.3 is 14.2 Å². The predicted octanol–water partition coefficient (Wildman–Crippen LogP) is 3.89. The van der Waals surface area contributed by atoms with Crippen molar-refractivity contribution in [3.63, 3.8) is 0 Å². The van der Waals surface area contributed by atoms with Gasteiger partial charge in [0.1, 0.15) is 5.76 Å². The lowest BCUT2D eigenvalue weighted by atomic mass is 10.0.